The van der Waals surface area contributed by atoms with E-state index >= 15 is 0 Å². The molecule has 1 heterocycles. The maximum absolute atomic E-state index is 13.6. The molecule has 0 saturated carbocycles. The highest BCUT2D eigenvalue weighted by Crippen LogP contribution is 2.16. The first-order valence-corrected chi connectivity index (χ1v) is 7.62. The first-order chi connectivity index (χ1) is 12.4. The van der Waals surface area contributed by atoms with Crippen LogP contribution in [0.1, 0.15) is 17.3 Å². The normalized spacial score (nSPS) is 11.8. The quantitative estimate of drug-likeness (QED) is 0.726. The largest absolute Gasteiger partial charge is 0.449 e. The van der Waals surface area contributed by atoms with Gasteiger partial charge in [-0.3, -0.25) is 14.8 Å². The van der Waals surface area contributed by atoms with Crippen LogP contribution in [-0.2, 0) is 9.53 Å². The molecule has 1 N–H and O–H groups in total. The molecular weight excluding hydrogens is 344 g/mol. The van der Waals surface area contributed by atoms with Crippen molar-refractivity contribution in [1.29, 1.82) is 0 Å². The zero-order valence-electron chi connectivity index (χ0n) is 13.6. The first kappa shape index (κ1) is 17.4. The number of ether oxygens (including phenoxy) is 1. The molecule has 0 spiro atoms. The van der Waals surface area contributed by atoms with Gasteiger partial charge in [0.1, 0.15) is 11.6 Å². The summed E-state index contributed by atoms with van der Waals surface area (Å²) in [6.45, 7) is 1.34. The molecule has 0 bridgehead atoms. The third-order valence-electron chi connectivity index (χ3n) is 3.55. The number of halogens is 2. The second-order valence-electron chi connectivity index (χ2n) is 5.42. The zero-order valence-corrected chi connectivity index (χ0v) is 13.6. The molecule has 2 aromatic carbocycles. The third-order valence-corrected chi connectivity index (χ3v) is 3.55. The Morgan fingerprint density at radius 1 is 1.04 bits per heavy atom. The van der Waals surface area contributed by atoms with Crippen molar-refractivity contribution in [1.82, 2.24) is 9.97 Å². The Morgan fingerprint density at radius 3 is 2.50 bits per heavy atom. The van der Waals surface area contributed by atoms with Gasteiger partial charge in [-0.15, -0.1) is 0 Å². The molecule has 0 aliphatic carbocycles. The second-order valence-corrected chi connectivity index (χ2v) is 5.42. The van der Waals surface area contributed by atoms with Gasteiger partial charge < -0.3 is 10.1 Å². The highest BCUT2D eigenvalue weighted by Gasteiger charge is 2.20. The van der Waals surface area contributed by atoms with Crippen molar-refractivity contribution >= 4 is 28.6 Å². The van der Waals surface area contributed by atoms with E-state index in [1.54, 1.807) is 6.07 Å². The van der Waals surface area contributed by atoms with E-state index in [4.69, 9.17) is 4.74 Å². The van der Waals surface area contributed by atoms with Crippen LogP contribution >= 0.6 is 0 Å². The van der Waals surface area contributed by atoms with E-state index in [-0.39, 0.29) is 11.3 Å². The Morgan fingerprint density at radius 2 is 1.77 bits per heavy atom. The standard InChI is InChI=1S/C18H13F2N3O3/c1-10(17(24)23-14-5-3-12(19)9-13(14)20)26-18(25)11-2-4-15-16(8-11)22-7-6-21-15/h2-10H,1H3,(H,23,24)/t10-/m0/s1. The summed E-state index contributed by atoms with van der Waals surface area (Å²) < 4.78 is 31.5. The Kier molecular flexibility index (Phi) is 4.83. The van der Waals surface area contributed by atoms with Crippen LogP contribution in [0.5, 0.6) is 0 Å². The number of fused-ring (bicyclic) bond motifs is 1. The number of esters is 1. The molecule has 3 rings (SSSR count). The number of nitrogens with zero attached hydrogens (tertiary/aromatic N) is 2. The van der Waals surface area contributed by atoms with E-state index in [0.717, 1.165) is 12.1 Å². The fraction of sp³-hybridized carbons (Fsp3) is 0.111. The van der Waals surface area contributed by atoms with Crippen molar-refractivity contribution in [3.05, 3.63) is 66.0 Å². The lowest BCUT2D eigenvalue weighted by Crippen LogP contribution is -2.30. The van der Waals surface area contributed by atoms with Gasteiger partial charge in [-0.1, -0.05) is 0 Å². The summed E-state index contributed by atoms with van der Waals surface area (Å²) in [4.78, 5) is 32.4. The van der Waals surface area contributed by atoms with Crippen LogP contribution in [0.3, 0.4) is 0 Å². The number of hydrogen-bond donors (Lipinski definition) is 1. The molecule has 6 nitrogen and oxygen atoms in total. The predicted octanol–water partition coefficient (Wildman–Crippen LogP) is 3.09. The summed E-state index contributed by atoms with van der Waals surface area (Å²) in [7, 11) is 0. The lowest BCUT2D eigenvalue weighted by atomic mass is 10.2. The number of benzene rings is 2. The molecule has 1 amide bonds. The van der Waals surface area contributed by atoms with Gasteiger partial charge in [-0.2, -0.15) is 0 Å². The van der Waals surface area contributed by atoms with Crippen LogP contribution in [-0.4, -0.2) is 27.9 Å². The van der Waals surface area contributed by atoms with Gasteiger partial charge in [0.15, 0.2) is 6.10 Å². The van der Waals surface area contributed by atoms with Gasteiger partial charge in [-0.25, -0.2) is 13.6 Å². The van der Waals surface area contributed by atoms with Crippen molar-refractivity contribution in [3.63, 3.8) is 0 Å². The number of carbonyl (C=O) groups excluding carboxylic acids is 2. The van der Waals surface area contributed by atoms with Crippen LogP contribution in [0.4, 0.5) is 14.5 Å². The molecule has 8 heteroatoms. The van der Waals surface area contributed by atoms with E-state index in [1.165, 1.54) is 31.5 Å². The fourth-order valence-corrected chi connectivity index (χ4v) is 2.20. The van der Waals surface area contributed by atoms with Gasteiger partial charge in [-0.05, 0) is 37.3 Å². The van der Waals surface area contributed by atoms with E-state index < -0.39 is 29.6 Å². The van der Waals surface area contributed by atoms with Crippen LogP contribution in [0, 0.1) is 11.6 Å². The molecule has 1 atom stereocenters. The zero-order chi connectivity index (χ0) is 18.7. The third kappa shape index (κ3) is 3.80. The summed E-state index contributed by atoms with van der Waals surface area (Å²) in [5.41, 5.74) is 1.11. The van der Waals surface area contributed by atoms with Crippen LogP contribution < -0.4 is 5.32 Å². The predicted molar refractivity (Wildman–Crippen MR) is 89.4 cm³/mol. The Balaban J connectivity index is 1.68. The van der Waals surface area contributed by atoms with Crippen LogP contribution in [0.25, 0.3) is 11.0 Å². The minimum absolute atomic E-state index is 0.200. The molecule has 0 saturated heterocycles. The van der Waals surface area contributed by atoms with Crippen molar-refractivity contribution in [2.45, 2.75) is 13.0 Å². The maximum Gasteiger partial charge on any atom is 0.338 e. The molecule has 0 radical (unpaired) electrons. The molecule has 0 aliphatic rings. The molecule has 0 fully saturated rings. The van der Waals surface area contributed by atoms with E-state index in [9.17, 15) is 18.4 Å². The SMILES string of the molecule is C[C@H](OC(=O)c1ccc2nccnc2c1)C(=O)Nc1ccc(F)cc1F. The summed E-state index contributed by atoms with van der Waals surface area (Å²) in [6, 6.07) is 7.34. The number of hydrogen-bond acceptors (Lipinski definition) is 5. The summed E-state index contributed by atoms with van der Waals surface area (Å²) in [5.74, 6) is -3.17. The Labute approximate surface area is 146 Å². The fourth-order valence-electron chi connectivity index (χ4n) is 2.20. The average Bonchev–Trinajstić information content (AvgIpc) is 2.63. The lowest BCUT2D eigenvalue weighted by Gasteiger charge is -2.14. The van der Waals surface area contributed by atoms with E-state index in [2.05, 4.69) is 15.3 Å². The smallest absolute Gasteiger partial charge is 0.338 e. The first-order valence-electron chi connectivity index (χ1n) is 7.62. The number of carbonyl (C=O) groups is 2. The van der Waals surface area contributed by atoms with Gasteiger partial charge >= 0.3 is 5.97 Å². The number of nitrogens with one attached hydrogen (secondary N) is 1. The average molecular weight is 357 g/mol. The number of rotatable bonds is 4. The second kappa shape index (κ2) is 7.22. The monoisotopic (exact) mass is 357 g/mol. The van der Waals surface area contributed by atoms with Gasteiger partial charge in [0, 0.05) is 18.5 Å². The minimum atomic E-state index is -1.19. The van der Waals surface area contributed by atoms with Crippen molar-refractivity contribution in [2.24, 2.45) is 0 Å². The number of anilines is 1. The van der Waals surface area contributed by atoms with Crippen LogP contribution in [0.15, 0.2) is 48.8 Å². The number of aromatic nitrogens is 2. The molecule has 0 unspecified atom stereocenters. The van der Waals surface area contributed by atoms with Gasteiger partial charge in [0.2, 0.25) is 0 Å². The summed E-state index contributed by atoms with van der Waals surface area (Å²) in [5, 5.41) is 2.24. The van der Waals surface area contributed by atoms with E-state index in [0.29, 0.717) is 17.1 Å². The summed E-state index contributed by atoms with van der Waals surface area (Å²) >= 11 is 0. The molecule has 26 heavy (non-hydrogen) atoms. The van der Waals surface area contributed by atoms with Crippen molar-refractivity contribution in [2.75, 3.05) is 5.32 Å². The molecule has 0 aliphatic heterocycles. The number of amides is 1. The molecule has 1 aromatic heterocycles. The Bertz CT molecular complexity index is 994. The molecule has 3 aromatic rings. The highest BCUT2D eigenvalue weighted by molar-refractivity contribution is 5.98. The molecule has 132 valence electrons. The summed E-state index contributed by atoms with van der Waals surface area (Å²) in [6.07, 6.45) is 1.83. The topological polar surface area (TPSA) is 81.2 Å². The van der Waals surface area contributed by atoms with Gasteiger partial charge in [0.25, 0.3) is 5.91 Å². The lowest BCUT2D eigenvalue weighted by molar-refractivity contribution is -0.123. The van der Waals surface area contributed by atoms with Crippen molar-refractivity contribution in [3.8, 4) is 0 Å². The highest BCUT2D eigenvalue weighted by atomic mass is 19.1. The Hall–Kier alpha value is -3.42. The maximum atomic E-state index is 13.6. The van der Waals surface area contributed by atoms with Crippen molar-refractivity contribution < 1.29 is 23.1 Å². The molecular formula is C18H13F2N3O3. The van der Waals surface area contributed by atoms with Crippen LogP contribution in [0.2, 0.25) is 0 Å². The van der Waals surface area contributed by atoms with E-state index in [1.807, 2.05) is 0 Å². The minimum Gasteiger partial charge on any atom is -0.449 e. The van der Waals surface area contributed by atoms with Gasteiger partial charge in [0.05, 0.1) is 22.3 Å².